The molecule has 0 amide bonds. The lowest BCUT2D eigenvalue weighted by atomic mass is 10.1. The molecule has 0 aliphatic heterocycles. The lowest BCUT2D eigenvalue weighted by Crippen LogP contribution is -2.24. The van der Waals surface area contributed by atoms with Crippen LogP contribution >= 0.6 is 0 Å². The Morgan fingerprint density at radius 2 is 1.60 bits per heavy atom. The van der Waals surface area contributed by atoms with Crippen molar-refractivity contribution in [1.82, 2.24) is 4.90 Å². The summed E-state index contributed by atoms with van der Waals surface area (Å²) >= 11 is 0. The van der Waals surface area contributed by atoms with E-state index in [0.29, 0.717) is 0 Å². The van der Waals surface area contributed by atoms with E-state index in [1.54, 1.807) is 0 Å². The van der Waals surface area contributed by atoms with Crippen molar-refractivity contribution in [1.29, 1.82) is 0 Å². The molecule has 0 atom stereocenters. The van der Waals surface area contributed by atoms with Gasteiger partial charge in [0.25, 0.3) is 0 Å². The lowest BCUT2D eigenvalue weighted by Gasteiger charge is -2.18. The van der Waals surface area contributed by atoms with E-state index >= 15 is 0 Å². The molecule has 0 aromatic carbocycles. The lowest BCUT2D eigenvalue weighted by molar-refractivity contribution is 0.284. The van der Waals surface area contributed by atoms with Gasteiger partial charge in [-0.1, -0.05) is 27.7 Å². The molecular formula is C9H21N. The Labute approximate surface area is 65.4 Å². The van der Waals surface area contributed by atoms with Crippen molar-refractivity contribution >= 4 is 0 Å². The fourth-order valence-electron chi connectivity index (χ4n) is 0.981. The van der Waals surface area contributed by atoms with Crippen molar-refractivity contribution in [3.63, 3.8) is 0 Å². The first kappa shape index (κ1) is 9.96. The molecule has 0 unspecified atom stereocenters. The second kappa shape index (κ2) is 5.72. The number of rotatable bonds is 5. The van der Waals surface area contributed by atoms with E-state index in [1.165, 1.54) is 26.1 Å². The molecule has 0 radical (unpaired) electrons. The number of nitrogens with zero attached hydrogens (tertiary/aromatic N) is 1. The van der Waals surface area contributed by atoms with Gasteiger partial charge >= 0.3 is 0 Å². The standard InChI is InChI=1S/C9H21N/c1-5-10(6-2)8-7-9(3)4/h9H,5-8H2,1-4H3. The fraction of sp³-hybridized carbons (Fsp3) is 1.00. The first-order chi connectivity index (χ1) is 4.70. The maximum atomic E-state index is 2.47. The minimum Gasteiger partial charge on any atom is -0.304 e. The van der Waals surface area contributed by atoms with Crippen LogP contribution in [-0.4, -0.2) is 24.5 Å². The van der Waals surface area contributed by atoms with Crippen LogP contribution in [0.3, 0.4) is 0 Å². The van der Waals surface area contributed by atoms with Gasteiger partial charge in [0.2, 0.25) is 0 Å². The normalized spacial score (nSPS) is 11.4. The highest BCUT2D eigenvalue weighted by Crippen LogP contribution is 2.00. The van der Waals surface area contributed by atoms with Crippen molar-refractivity contribution in [2.24, 2.45) is 5.92 Å². The molecule has 0 spiro atoms. The predicted molar refractivity (Wildman–Crippen MR) is 47.2 cm³/mol. The summed E-state index contributed by atoms with van der Waals surface area (Å²) in [6.07, 6.45) is 1.34. The Morgan fingerprint density at radius 1 is 1.10 bits per heavy atom. The Balaban J connectivity index is 3.26. The average molecular weight is 143 g/mol. The number of hydrogen-bond acceptors (Lipinski definition) is 1. The van der Waals surface area contributed by atoms with Gasteiger partial charge in [-0.15, -0.1) is 0 Å². The molecule has 0 aliphatic carbocycles. The first-order valence-electron chi connectivity index (χ1n) is 4.43. The van der Waals surface area contributed by atoms with Gasteiger partial charge in [0, 0.05) is 0 Å². The predicted octanol–water partition coefficient (Wildman–Crippen LogP) is 2.37. The van der Waals surface area contributed by atoms with Crippen molar-refractivity contribution < 1.29 is 0 Å². The van der Waals surface area contributed by atoms with E-state index in [4.69, 9.17) is 0 Å². The zero-order chi connectivity index (χ0) is 7.98. The minimum atomic E-state index is 0.848. The first-order valence-corrected chi connectivity index (χ1v) is 4.43. The van der Waals surface area contributed by atoms with E-state index < -0.39 is 0 Å². The highest BCUT2D eigenvalue weighted by atomic mass is 15.1. The van der Waals surface area contributed by atoms with Gasteiger partial charge in [0.15, 0.2) is 0 Å². The summed E-state index contributed by atoms with van der Waals surface area (Å²) in [5, 5.41) is 0. The Bertz CT molecular complexity index is 65.1. The van der Waals surface area contributed by atoms with Crippen LogP contribution in [-0.2, 0) is 0 Å². The van der Waals surface area contributed by atoms with Crippen molar-refractivity contribution in [2.45, 2.75) is 34.1 Å². The Hall–Kier alpha value is -0.0400. The fourth-order valence-corrected chi connectivity index (χ4v) is 0.981. The molecular weight excluding hydrogens is 122 g/mol. The van der Waals surface area contributed by atoms with Crippen LogP contribution in [0.4, 0.5) is 0 Å². The van der Waals surface area contributed by atoms with Crippen LogP contribution in [0.25, 0.3) is 0 Å². The molecule has 0 aliphatic rings. The molecule has 0 N–H and O–H groups in total. The highest BCUT2D eigenvalue weighted by molar-refractivity contribution is 4.53. The van der Waals surface area contributed by atoms with Crippen LogP contribution in [0.5, 0.6) is 0 Å². The summed E-state index contributed by atoms with van der Waals surface area (Å²) in [5.74, 6) is 0.848. The maximum absolute atomic E-state index is 2.47. The molecule has 0 bridgehead atoms. The number of hydrogen-bond donors (Lipinski definition) is 0. The molecule has 0 heterocycles. The molecule has 62 valence electrons. The maximum Gasteiger partial charge on any atom is -0.00165 e. The molecule has 1 heteroatoms. The largest absolute Gasteiger partial charge is 0.304 e. The van der Waals surface area contributed by atoms with E-state index in [9.17, 15) is 0 Å². The monoisotopic (exact) mass is 143 g/mol. The van der Waals surface area contributed by atoms with E-state index in [1.807, 2.05) is 0 Å². The second-order valence-corrected chi connectivity index (χ2v) is 3.21. The molecule has 0 aromatic heterocycles. The van der Waals surface area contributed by atoms with Gasteiger partial charge in [-0.25, -0.2) is 0 Å². The quantitative estimate of drug-likeness (QED) is 0.571. The van der Waals surface area contributed by atoms with Gasteiger partial charge in [0.1, 0.15) is 0 Å². The summed E-state index contributed by atoms with van der Waals surface area (Å²) in [6, 6.07) is 0. The molecule has 10 heavy (non-hydrogen) atoms. The van der Waals surface area contributed by atoms with Gasteiger partial charge in [-0.05, 0) is 32.0 Å². The summed E-state index contributed by atoms with van der Waals surface area (Å²) in [5.41, 5.74) is 0. The third kappa shape index (κ3) is 4.80. The van der Waals surface area contributed by atoms with Crippen molar-refractivity contribution in [2.75, 3.05) is 19.6 Å². The zero-order valence-electron chi connectivity index (χ0n) is 7.85. The van der Waals surface area contributed by atoms with Crippen LogP contribution in [0.15, 0.2) is 0 Å². The third-order valence-corrected chi connectivity index (χ3v) is 1.92. The van der Waals surface area contributed by atoms with Gasteiger partial charge < -0.3 is 4.90 Å². The van der Waals surface area contributed by atoms with Crippen LogP contribution in [0.2, 0.25) is 0 Å². The summed E-state index contributed by atoms with van der Waals surface area (Å²) < 4.78 is 0. The van der Waals surface area contributed by atoms with Crippen molar-refractivity contribution in [3.05, 3.63) is 0 Å². The molecule has 0 rings (SSSR count). The summed E-state index contributed by atoms with van der Waals surface area (Å²) in [4.78, 5) is 2.47. The average Bonchev–Trinajstić information content (AvgIpc) is 1.90. The van der Waals surface area contributed by atoms with Gasteiger partial charge in [-0.2, -0.15) is 0 Å². The smallest absolute Gasteiger partial charge is 0.00165 e. The molecule has 0 saturated heterocycles. The Kier molecular flexibility index (Phi) is 5.70. The second-order valence-electron chi connectivity index (χ2n) is 3.21. The molecule has 1 nitrogen and oxygen atoms in total. The molecule has 0 saturated carbocycles. The van der Waals surface area contributed by atoms with Crippen LogP contribution < -0.4 is 0 Å². The summed E-state index contributed by atoms with van der Waals surface area (Å²) in [6.45, 7) is 12.7. The van der Waals surface area contributed by atoms with Crippen LogP contribution in [0, 0.1) is 5.92 Å². The van der Waals surface area contributed by atoms with Gasteiger partial charge in [-0.3, -0.25) is 0 Å². The topological polar surface area (TPSA) is 3.24 Å². The molecule has 0 fully saturated rings. The van der Waals surface area contributed by atoms with E-state index in [2.05, 4.69) is 32.6 Å². The van der Waals surface area contributed by atoms with E-state index in [0.717, 1.165) is 5.92 Å². The SMILES string of the molecule is CCN(CC)CCC(C)C. The summed E-state index contributed by atoms with van der Waals surface area (Å²) in [7, 11) is 0. The minimum absolute atomic E-state index is 0.848. The van der Waals surface area contributed by atoms with E-state index in [-0.39, 0.29) is 0 Å². The zero-order valence-corrected chi connectivity index (χ0v) is 7.85. The third-order valence-electron chi connectivity index (χ3n) is 1.92. The Morgan fingerprint density at radius 3 is 1.90 bits per heavy atom. The highest BCUT2D eigenvalue weighted by Gasteiger charge is 1.99. The molecule has 0 aromatic rings. The van der Waals surface area contributed by atoms with Gasteiger partial charge in [0.05, 0.1) is 0 Å². The van der Waals surface area contributed by atoms with Crippen molar-refractivity contribution in [3.8, 4) is 0 Å². The van der Waals surface area contributed by atoms with Crippen LogP contribution in [0.1, 0.15) is 34.1 Å².